The number of aromatic nitrogens is 1. The van der Waals surface area contributed by atoms with Crippen molar-refractivity contribution in [3.8, 4) is 0 Å². The number of carbonyl (C=O) groups is 4. The number of hydrogen-bond acceptors (Lipinski definition) is 5. The van der Waals surface area contributed by atoms with Gasteiger partial charge in [0.25, 0.3) is 5.91 Å². The molecule has 222 valence electrons. The van der Waals surface area contributed by atoms with E-state index in [0.717, 1.165) is 37.7 Å². The number of carbonyl (C=O) groups excluding carboxylic acids is 3. The molecule has 1 saturated carbocycles. The van der Waals surface area contributed by atoms with Crippen molar-refractivity contribution in [2.75, 3.05) is 6.54 Å². The summed E-state index contributed by atoms with van der Waals surface area (Å²) in [4.78, 5) is 54.3. The van der Waals surface area contributed by atoms with E-state index in [9.17, 15) is 27.6 Å². The topological polar surface area (TPSA) is 129 Å². The van der Waals surface area contributed by atoms with Crippen molar-refractivity contribution in [3.05, 3.63) is 63.9 Å². The molecule has 1 aromatic carbocycles. The zero-order chi connectivity index (χ0) is 30.2. The van der Waals surface area contributed by atoms with Gasteiger partial charge in [-0.3, -0.25) is 19.4 Å². The molecular formula is C27H29Cl2F3N4O5. The Bertz CT molecular complexity index is 1240. The van der Waals surface area contributed by atoms with Crippen LogP contribution in [0.2, 0.25) is 10.0 Å². The number of rotatable bonds is 7. The second-order valence-electron chi connectivity index (χ2n) is 9.70. The van der Waals surface area contributed by atoms with Gasteiger partial charge in [-0.1, -0.05) is 42.1 Å². The molecule has 0 unspecified atom stereocenters. The summed E-state index contributed by atoms with van der Waals surface area (Å²) in [5.74, 6) is -3.63. The number of likely N-dealkylation sites (tertiary alicyclic amines) is 1. The molecule has 3 amide bonds. The molecule has 2 heterocycles. The van der Waals surface area contributed by atoms with Crippen LogP contribution in [0.25, 0.3) is 0 Å². The van der Waals surface area contributed by atoms with Crippen LogP contribution in [-0.2, 0) is 20.8 Å². The van der Waals surface area contributed by atoms with Crippen LogP contribution in [0.1, 0.15) is 54.4 Å². The summed E-state index contributed by atoms with van der Waals surface area (Å²) in [6, 6.07) is 7.00. The summed E-state index contributed by atoms with van der Waals surface area (Å²) >= 11 is 12.2. The molecule has 41 heavy (non-hydrogen) atoms. The number of hydrogen-bond donors (Lipinski definition) is 3. The third-order valence-electron chi connectivity index (χ3n) is 6.72. The van der Waals surface area contributed by atoms with Crippen molar-refractivity contribution in [2.45, 2.75) is 69.2 Å². The lowest BCUT2D eigenvalue weighted by atomic mass is 10.0. The number of carboxylic acids is 1. The average molecular weight is 617 g/mol. The van der Waals surface area contributed by atoms with E-state index < -0.39 is 30.1 Å². The molecule has 2 aromatic rings. The Morgan fingerprint density at radius 2 is 1.76 bits per heavy atom. The van der Waals surface area contributed by atoms with Crippen LogP contribution in [0.4, 0.5) is 13.2 Å². The maximum atomic E-state index is 13.7. The van der Waals surface area contributed by atoms with Crippen molar-refractivity contribution >= 4 is 46.9 Å². The van der Waals surface area contributed by atoms with Gasteiger partial charge in [-0.25, -0.2) is 4.79 Å². The number of pyridine rings is 1. The van der Waals surface area contributed by atoms with Gasteiger partial charge >= 0.3 is 12.1 Å². The zero-order valence-electron chi connectivity index (χ0n) is 21.8. The Balaban J connectivity index is 0.000000587. The fourth-order valence-electron chi connectivity index (χ4n) is 4.74. The number of nitrogens with one attached hydrogen (secondary N) is 2. The van der Waals surface area contributed by atoms with E-state index in [2.05, 4.69) is 15.6 Å². The van der Waals surface area contributed by atoms with Crippen molar-refractivity contribution in [1.29, 1.82) is 0 Å². The monoisotopic (exact) mass is 616 g/mol. The Hall–Kier alpha value is -3.38. The quantitative estimate of drug-likeness (QED) is 0.423. The van der Waals surface area contributed by atoms with E-state index in [0.29, 0.717) is 18.0 Å². The summed E-state index contributed by atoms with van der Waals surface area (Å²) in [5, 5.41) is 13.7. The van der Waals surface area contributed by atoms with E-state index in [-0.39, 0.29) is 34.9 Å². The number of amides is 3. The maximum absolute atomic E-state index is 13.7. The molecule has 0 radical (unpaired) electrons. The SMILES string of the molecule is O=C(N[C@@H](Cc1cccnc1)C(=O)N1CCC[C@H]1C(=O)NC1CCCC1)c1ccc(Cl)cc1Cl.O=C(O)C(F)(F)F. The van der Waals surface area contributed by atoms with Gasteiger partial charge in [-0.2, -0.15) is 13.2 Å². The number of carboxylic acid groups (broad SMARTS) is 1. The predicted molar refractivity (Wildman–Crippen MR) is 144 cm³/mol. The molecule has 0 spiro atoms. The number of benzene rings is 1. The zero-order valence-corrected chi connectivity index (χ0v) is 23.3. The fraction of sp³-hybridized carbons (Fsp3) is 0.444. The van der Waals surface area contributed by atoms with Gasteiger partial charge in [0.15, 0.2) is 0 Å². The Morgan fingerprint density at radius 1 is 1.07 bits per heavy atom. The molecule has 4 rings (SSSR count). The smallest absolute Gasteiger partial charge is 0.475 e. The third kappa shape index (κ3) is 9.32. The van der Waals surface area contributed by atoms with Gasteiger partial charge in [0, 0.05) is 36.4 Å². The van der Waals surface area contributed by atoms with Gasteiger partial charge in [0.05, 0.1) is 10.6 Å². The van der Waals surface area contributed by atoms with E-state index in [1.165, 1.54) is 12.1 Å². The summed E-state index contributed by atoms with van der Waals surface area (Å²) in [6.45, 7) is 0.475. The van der Waals surface area contributed by atoms with Gasteiger partial charge in [0.1, 0.15) is 12.1 Å². The first kappa shape index (κ1) is 32.1. The van der Waals surface area contributed by atoms with E-state index >= 15 is 0 Å². The standard InChI is InChI=1S/C25H28Cl2N4O3.C2HF3O2/c26-17-9-10-19(20(27)14-17)23(32)30-21(13-16-5-3-11-28-15-16)25(34)31-12-4-8-22(31)24(33)29-18-6-1-2-7-18;3-2(4,5)1(6)7/h3,5,9-11,14-15,18,21-22H,1-2,4,6-8,12-13H2,(H,29,33)(H,30,32);(H,6,7)/t21-,22-;/m0./s1. The predicted octanol–water partition coefficient (Wildman–Crippen LogP) is 4.41. The van der Waals surface area contributed by atoms with Crippen LogP contribution in [-0.4, -0.2) is 69.5 Å². The van der Waals surface area contributed by atoms with Crippen molar-refractivity contribution in [2.24, 2.45) is 0 Å². The van der Waals surface area contributed by atoms with Crippen molar-refractivity contribution < 1.29 is 37.5 Å². The minimum absolute atomic E-state index is 0.107. The Kier molecular flexibility index (Phi) is 11.4. The molecule has 0 bridgehead atoms. The van der Waals surface area contributed by atoms with Gasteiger partial charge in [-0.05, 0) is 55.5 Å². The summed E-state index contributed by atoms with van der Waals surface area (Å²) < 4.78 is 31.7. The van der Waals surface area contributed by atoms with Crippen LogP contribution in [0.15, 0.2) is 42.7 Å². The van der Waals surface area contributed by atoms with Crippen molar-refractivity contribution in [3.63, 3.8) is 0 Å². The highest BCUT2D eigenvalue weighted by Gasteiger charge is 2.39. The largest absolute Gasteiger partial charge is 0.490 e. The Morgan fingerprint density at radius 3 is 2.34 bits per heavy atom. The first-order valence-electron chi connectivity index (χ1n) is 12.9. The van der Waals surface area contributed by atoms with Crippen LogP contribution in [0, 0.1) is 0 Å². The second-order valence-corrected chi connectivity index (χ2v) is 10.5. The summed E-state index contributed by atoms with van der Waals surface area (Å²) in [5.41, 5.74) is 1.03. The molecule has 3 N–H and O–H groups in total. The second kappa shape index (κ2) is 14.5. The molecule has 1 aliphatic carbocycles. The highest BCUT2D eigenvalue weighted by Crippen LogP contribution is 2.24. The van der Waals surface area contributed by atoms with Crippen LogP contribution in [0.3, 0.4) is 0 Å². The molecule has 9 nitrogen and oxygen atoms in total. The highest BCUT2D eigenvalue weighted by atomic mass is 35.5. The molecule has 14 heteroatoms. The first-order valence-corrected chi connectivity index (χ1v) is 13.7. The minimum Gasteiger partial charge on any atom is -0.475 e. The van der Waals surface area contributed by atoms with Crippen LogP contribution >= 0.6 is 23.2 Å². The van der Waals surface area contributed by atoms with Crippen LogP contribution < -0.4 is 10.6 Å². The molecule has 1 aromatic heterocycles. The molecule has 2 atom stereocenters. The van der Waals surface area contributed by atoms with E-state index in [1.54, 1.807) is 29.4 Å². The summed E-state index contributed by atoms with van der Waals surface area (Å²) in [7, 11) is 0. The first-order chi connectivity index (χ1) is 19.4. The number of nitrogens with zero attached hydrogens (tertiary/aromatic N) is 2. The maximum Gasteiger partial charge on any atom is 0.490 e. The van der Waals surface area contributed by atoms with Crippen LogP contribution in [0.5, 0.6) is 0 Å². The normalized spacial score (nSPS) is 17.8. The minimum atomic E-state index is -5.08. The lowest BCUT2D eigenvalue weighted by molar-refractivity contribution is -0.192. The fourth-order valence-corrected chi connectivity index (χ4v) is 5.23. The third-order valence-corrected chi connectivity index (χ3v) is 7.27. The van der Waals surface area contributed by atoms with Gasteiger partial charge in [0.2, 0.25) is 11.8 Å². The van der Waals surface area contributed by atoms with Gasteiger partial charge in [-0.15, -0.1) is 0 Å². The van der Waals surface area contributed by atoms with E-state index in [1.807, 2.05) is 6.07 Å². The lowest BCUT2D eigenvalue weighted by Crippen LogP contribution is -2.55. The highest BCUT2D eigenvalue weighted by molar-refractivity contribution is 6.36. The molecule has 2 aliphatic rings. The van der Waals surface area contributed by atoms with Crippen molar-refractivity contribution in [1.82, 2.24) is 20.5 Å². The summed E-state index contributed by atoms with van der Waals surface area (Å²) in [6.07, 6.45) is 4.02. The number of halogens is 5. The lowest BCUT2D eigenvalue weighted by Gasteiger charge is -2.29. The van der Waals surface area contributed by atoms with Gasteiger partial charge < -0.3 is 20.6 Å². The number of alkyl halides is 3. The van der Waals surface area contributed by atoms with E-state index in [4.69, 9.17) is 33.1 Å². The molecular weight excluding hydrogens is 588 g/mol. The molecule has 1 saturated heterocycles. The number of aliphatic carboxylic acids is 1. The average Bonchev–Trinajstić information content (AvgIpc) is 3.61. The molecule has 1 aliphatic heterocycles. The molecule has 2 fully saturated rings. The Labute approximate surface area is 244 Å².